The molecule has 11 heteroatoms. The van der Waals surface area contributed by atoms with Crippen LogP contribution in [0, 0.1) is 0 Å². The summed E-state index contributed by atoms with van der Waals surface area (Å²) >= 11 is 0. The summed E-state index contributed by atoms with van der Waals surface area (Å²) in [5, 5.41) is 13.9. The van der Waals surface area contributed by atoms with Crippen LogP contribution < -0.4 is 14.8 Å². The fourth-order valence-corrected chi connectivity index (χ4v) is 7.46. The number of aromatic nitrogens is 4. The van der Waals surface area contributed by atoms with E-state index in [4.69, 9.17) is 33.6 Å². The van der Waals surface area contributed by atoms with Crippen molar-refractivity contribution in [2.24, 2.45) is 0 Å². The Bertz CT molecular complexity index is 1780. The Morgan fingerprint density at radius 1 is 0.854 bits per heavy atom. The molecule has 0 saturated carbocycles. The smallest absolute Gasteiger partial charge is 0.192 e. The van der Waals surface area contributed by atoms with Crippen LogP contribution in [0.3, 0.4) is 0 Å². The van der Waals surface area contributed by atoms with Crippen LogP contribution in [0.5, 0.6) is 11.5 Å². The van der Waals surface area contributed by atoms with Crippen molar-refractivity contribution in [3.63, 3.8) is 0 Å². The molecule has 2 aromatic heterocycles. The van der Waals surface area contributed by atoms with E-state index in [1.54, 1.807) is 26.9 Å². The molecule has 0 aliphatic carbocycles. The average molecular weight is 668 g/mol. The van der Waals surface area contributed by atoms with E-state index in [9.17, 15) is 5.11 Å². The topological polar surface area (TPSA) is 113 Å². The van der Waals surface area contributed by atoms with Gasteiger partial charge in [-0.25, -0.2) is 15.0 Å². The Morgan fingerprint density at radius 3 is 1.98 bits per heavy atom. The van der Waals surface area contributed by atoms with Crippen LogP contribution in [0.2, 0.25) is 18.1 Å². The van der Waals surface area contributed by atoms with E-state index in [0.717, 1.165) is 28.2 Å². The molecule has 0 spiro atoms. The van der Waals surface area contributed by atoms with Crippen LogP contribution in [0.1, 0.15) is 50.1 Å². The van der Waals surface area contributed by atoms with Crippen LogP contribution in [0.25, 0.3) is 11.2 Å². The lowest BCUT2D eigenvalue weighted by molar-refractivity contribution is -0.0460. The predicted molar refractivity (Wildman–Crippen MR) is 189 cm³/mol. The van der Waals surface area contributed by atoms with E-state index in [0.29, 0.717) is 23.4 Å². The number of imidazole rings is 1. The highest BCUT2D eigenvalue weighted by Gasteiger charge is 2.46. The van der Waals surface area contributed by atoms with Crippen LogP contribution in [0.4, 0.5) is 5.82 Å². The van der Waals surface area contributed by atoms with Gasteiger partial charge in [-0.05, 0) is 59.1 Å². The monoisotopic (exact) mass is 667 g/mol. The number of aliphatic hydroxyl groups excluding tert-OH is 1. The molecule has 6 rings (SSSR count). The lowest BCUT2D eigenvalue weighted by Gasteiger charge is -2.39. The van der Waals surface area contributed by atoms with Gasteiger partial charge in [0.25, 0.3) is 0 Å². The van der Waals surface area contributed by atoms with Crippen LogP contribution in [-0.2, 0) is 14.7 Å². The normalized spacial score (nSPS) is 18.6. The Balaban J connectivity index is 1.49. The van der Waals surface area contributed by atoms with Gasteiger partial charge >= 0.3 is 0 Å². The minimum absolute atomic E-state index is 0.00873. The fourth-order valence-electron chi connectivity index (χ4n) is 6.13. The van der Waals surface area contributed by atoms with E-state index < -0.39 is 20.1 Å². The van der Waals surface area contributed by atoms with Crippen LogP contribution in [-0.4, -0.2) is 66.0 Å². The molecule has 2 N–H and O–H groups in total. The van der Waals surface area contributed by atoms with Crippen molar-refractivity contribution in [2.75, 3.05) is 26.1 Å². The molecule has 0 unspecified atom stereocenters. The van der Waals surface area contributed by atoms with E-state index in [1.807, 2.05) is 47.0 Å². The molecule has 0 bridgehead atoms. The molecular weight excluding hydrogens is 623 g/mol. The highest BCUT2D eigenvalue weighted by molar-refractivity contribution is 6.74. The van der Waals surface area contributed by atoms with Gasteiger partial charge in [-0.2, -0.15) is 0 Å². The van der Waals surface area contributed by atoms with E-state index >= 15 is 0 Å². The molecule has 48 heavy (non-hydrogen) atoms. The molecule has 3 aromatic carbocycles. The van der Waals surface area contributed by atoms with E-state index in [-0.39, 0.29) is 23.9 Å². The molecular formula is C37H45N5O5Si. The van der Waals surface area contributed by atoms with E-state index in [1.165, 1.54) is 0 Å². The third kappa shape index (κ3) is 6.18. The Labute approximate surface area is 283 Å². The third-order valence-corrected chi connectivity index (χ3v) is 14.3. The highest BCUT2D eigenvalue weighted by Crippen LogP contribution is 2.44. The fraction of sp³-hybridized carbons (Fsp3) is 0.378. The van der Waals surface area contributed by atoms with Gasteiger partial charge in [-0.1, -0.05) is 75.4 Å². The number of rotatable bonds is 11. The van der Waals surface area contributed by atoms with Crippen molar-refractivity contribution >= 4 is 25.3 Å². The van der Waals surface area contributed by atoms with Crippen LogP contribution in [0.15, 0.2) is 91.5 Å². The molecule has 1 aliphatic rings. The summed E-state index contributed by atoms with van der Waals surface area (Å²) < 4.78 is 26.2. The second-order valence-corrected chi connectivity index (χ2v) is 18.5. The Morgan fingerprint density at radius 2 is 1.44 bits per heavy atom. The average Bonchev–Trinajstić information content (AvgIpc) is 3.71. The summed E-state index contributed by atoms with van der Waals surface area (Å²) in [7, 11) is 1.16. The highest BCUT2D eigenvalue weighted by atomic mass is 28.4. The van der Waals surface area contributed by atoms with Crippen molar-refractivity contribution in [1.29, 1.82) is 0 Å². The number of ether oxygens (including phenoxy) is 3. The molecule has 1 saturated heterocycles. The van der Waals surface area contributed by atoms with Gasteiger partial charge in [-0.15, -0.1) is 0 Å². The van der Waals surface area contributed by atoms with Gasteiger partial charge in [0.15, 0.2) is 31.5 Å². The van der Waals surface area contributed by atoms with Crippen molar-refractivity contribution in [1.82, 2.24) is 19.5 Å². The van der Waals surface area contributed by atoms with Crippen molar-refractivity contribution in [3.8, 4) is 11.5 Å². The lowest BCUT2D eigenvalue weighted by atomic mass is 9.77. The first-order valence-corrected chi connectivity index (χ1v) is 19.2. The molecule has 3 atom stereocenters. The molecule has 252 valence electrons. The number of hydrogen-bond donors (Lipinski definition) is 2. The first kappa shape index (κ1) is 33.6. The maximum Gasteiger partial charge on any atom is 0.192 e. The van der Waals surface area contributed by atoms with Gasteiger partial charge in [0, 0.05) is 6.42 Å². The number of hydrogen-bond acceptors (Lipinski definition) is 9. The summed E-state index contributed by atoms with van der Waals surface area (Å²) in [5.41, 5.74) is 3.23. The zero-order chi connectivity index (χ0) is 34.1. The second-order valence-electron chi connectivity index (χ2n) is 13.7. The summed E-state index contributed by atoms with van der Waals surface area (Å²) in [6, 6.07) is 26.3. The Kier molecular flexibility index (Phi) is 9.32. The van der Waals surface area contributed by atoms with Gasteiger partial charge in [0.2, 0.25) is 0 Å². The number of fused-ring (bicyclic) bond motifs is 1. The summed E-state index contributed by atoms with van der Waals surface area (Å²) in [6.45, 7) is 11.0. The zero-order valence-corrected chi connectivity index (χ0v) is 29.7. The maximum absolute atomic E-state index is 10.1. The van der Waals surface area contributed by atoms with Gasteiger partial charge in [-0.3, -0.25) is 4.57 Å². The van der Waals surface area contributed by atoms with Gasteiger partial charge in [0.05, 0.1) is 39.4 Å². The molecule has 1 fully saturated rings. The van der Waals surface area contributed by atoms with Crippen molar-refractivity contribution in [3.05, 3.63) is 108 Å². The second kappa shape index (κ2) is 13.3. The molecule has 0 radical (unpaired) electrons. The molecule has 5 aromatic rings. The zero-order valence-electron chi connectivity index (χ0n) is 28.7. The SMILES string of the molecule is COc1ccc(C(Nc2ncnc3c2ncn3[C@@H]2O[C@H](CO)C[C@H]2O[Si](C)(C)C(C)(C)C)(c2ccccc2)c2ccc(OC)cc2)cc1. The number of methoxy groups -OCH3 is 2. The predicted octanol–water partition coefficient (Wildman–Crippen LogP) is 6.92. The standard InChI is InChI=1S/C37H45N5O5Si/c1-36(2,3)48(6,7)47-31-21-30(22-43)46-35(31)42-24-40-32-33(38-23-39-34(32)42)41-37(25-11-9-8-10-12-25,26-13-17-28(44-4)18-14-26)27-15-19-29(45-5)20-16-27/h8-20,23-24,30-31,35,43H,21-22H2,1-7H3,(H,38,39,41)/t30-,31+,35+/m0/s1. The van der Waals surface area contributed by atoms with Crippen molar-refractivity contribution in [2.45, 2.75) is 69.3 Å². The summed E-state index contributed by atoms with van der Waals surface area (Å²) in [5.74, 6) is 2.06. The molecule has 10 nitrogen and oxygen atoms in total. The largest absolute Gasteiger partial charge is 0.497 e. The lowest BCUT2D eigenvalue weighted by Crippen LogP contribution is -2.45. The van der Waals surface area contributed by atoms with Gasteiger partial charge < -0.3 is 29.1 Å². The summed E-state index contributed by atoms with van der Waals surface area (Å²) in [4.78, 5) is 14.3. The molecule has 0 amide bonds. The summed E-state index contributed by atoms with van der Waals surface area (Å²) in [6.07, 6.45) is 2.73. The van der Waals surface area contributed by atoms with E-state index in [2.05, 4.69) is 75.6 Å². The molecule has 1 aliphatic heterocycles. The number of benzene rings is 3. The van der Waals surface area contributed by atoms with Gasteiger partial charge in [0.1, 0.15) is 23.4 Å². The maximum atomic E-state index is 10.1. The number of nitrogens with zero attached hydrogens (tertiary/aromatic N) is 4. The Hall–Kier alpha value is -4.29. The third-order valence-electron chi connectivity index (χ3n) is 9.79. The number of nitrogens with one attached hydrogen (secondary N) is 1. The minimum Gasteiger partial charge on any atom is -0.497 e. The first-order valence-electron chi connectivity index (χ1n) is 16.2. The van der Waals surface area contributed by atoms with Crippen LogP contribution >= 0.6 is 0 Å². The quantitative estimate of drug-likeness (QED) is 0.115. The van der Waals surface area contributed by atoms with Crippen molar-refractivity contribution < 1.29 is 23.7 Å². The number of aliphatic hydroxyl groups is 1. The molecule has 3 heterocycles. The number of anilines is 1. The minimum atomic E-state index is -2.16. The first-order chi connectivity index (χ1) is 23.0.